The van der Waals surface area contributed by atoms with E-state index in [1.807, 2.05) is 0 Å². The molecular formula is C18H28N2. The van der Waals surface area contributed by atoms with Gasteiger partial charge in [0, 0.05) is 18.3 Å². The van der Waals surface area contributed by atoms with Gasteiger partial charge in [-0.05, 0) is 68.8 Å². The van der Waals surface area contributed by atoms with E-state index in [0.29, 0.717) is 6.04 Å². The summed E-state index contributed by atoms with van der Waals surface area (Å²) in [5.41, 5.74) is 2.76. The number of hydrogen-bond acceptors (Lipinski definition) is 2. The van der Waals surface area contributed by atoms with Crippen molar-refractivity contribution in [3.63, 3.8) is 0 Å². The molecular weight excluding hydrogens is 244 g/mol. The SMILES string of the molecule is CCC1CCC(Nc2ccc(CN3CCCC3)cc2)C1. The van der Waals surface area contributed by atoms with E-state index in [2.05, 4.69) is 41.4 Å². The minimum atomic E-state index is 0.699. The molecule has 0 radical (unpaired) electrons. The first kappa shape index (κ1) is 13.9. The Kier molecular flexibility index (Phi) is 4.62. The molecule has 2 atom stereocenters. The number of anilines is 1. The number of nitrogens with one attached hydrogen (secondary N) is 1. The van der Waals surface area contributed by atoms with Gasteiger partial charge < -0.3 is 5.32 Å². The first-order chi connectivity index (χ1) is 9.83. The molecule has 1 saturated heterocycles. The Hall–Kier alpha value is -1.02. The Labute approximate surface area is 123 Å². The normalized spacial score (nSPS) is 27.1. The van der Waals surface area contributed by atoms with Gasteiger partial charge in [-0.1, -0.05) is 25.5 Å². The van der Waals surface area contributed by atoms with E-state index in [4.69, 9.17) is 0 Å². The van der Waals surface area contributed by atoms with Gasteiger partial charge in [-0.25, -0.2) is 0 Å². The largest absolute Gasteiger partial charge is 0.382 e. The van der Waals surface area contributed by atoms with E-state index in [1.54, 1.807) is 0 Å². The molecule has 2 aliphatic rings. The molecule has 0 bridgehead atoms. The molecule has 2 heteroatoms. The summed E-state index contributed by atoms with van der Waals surface area (Å²) in [5, 5.41) is 3.71. The van der Waals surface area contributed by atoms with Crippen molar-refractivity contribution in [2.45, 2.75) is 58.0 Å². The summed E-state index contributed by atoms with van der Waals surface area (Å²) < 4.78 is 0. The molecule has 1 saturated carbocycles. The van der Waals surface area contributed by atoms with Gasteiger partial charge in [0.15, 0.2) is 0 Å². The summed E-state index contributed by atoms with van der Waals surface area (Å²) >= 11 is 0. The first-order valence-electron chi connectivity index (χ1n) is 8.41. The second-order valence-corrected chi connectivity index (χ2v) is 6.61. The third-order valence-corrected chi connectivity index (χ3v) is 5.05. The minimum Gasteiger partial charge on any atom is -0.382 e. The maximum Gasteiger partial charge on any atom is 0.0342 e. The molecule has 3 rings (SSSR count). The molecule has 20 heavy (non-hydrogen) atoms. The Balaban J connectivity index is 1.51. The van der Waals surface area contributed by atoms with Crippen LogP contribution in [0.2, 0.25) is 0 Å². The molecule has 2 unspecified atom stereocenters. The fourth-order valence-corrected chi connectivity index (χ4v) is 3.72. The molecule has 1 aliphatic carbocycles. The Morgan fingerprint density at radius 3 is 2.50 bits per heavy atom. The first-order valence-corrected chi connectivity index (χ1v) is 8.41. The summed E-state index contributed by atoms with van der Waals surface area (Å²) in [6.45, 7) is 6.00. The Bertz CT molecular complexity index is 406. The third kappa shape index (κ3) is 3.54. The topological polar surface area (TPSA) is 15.3 Å². The smallest absolute Gasteiger partial charge is 0.0342 e. The van der Waals surface area contributed by atoms with E-state index in [-0.39, 0.29) is 0 Å². The van der Waals surface area contributed by atoms with Crippen LogP contribution in [0.5, 0.6) is 0 Å². The highest BCUT2D eigenvalue weighted by Gasteiger charge is 2.22. The maximum absolute atomic E-state index is 3.71. The minimum absolute atomic E-state index is 0.699. The van der Waals surface area contributed by atoms with Crippen LogP contribution in [0.1, 0.15) is 51.0 Å². The van der Waals surface area contributed by atoms with Gasteiger partial charge in [-0.3, -0.25) is 4.90 Å². The number of benzene rings is 1. The predicted octanol–water partition coefficient (Wildman–Crippen LogP) is 4.27. The molecule has 1 aromatic rings. The quantitative estimate of drug-likeness (QED) is 0.861. The summed E-state index contributed by atoms with van der Waals surface area (Å²) in [6.07, 6.45) is 8.19. The van der Waals surface area contributed by atoms with Gasteiger partial charge in [0.25, 0.3) is 0 Å². The van der Waals surface area contributed by atoms with Gasteiger partial charge in [-0.15, -0.1) is 0 Å². The van der Waals surface area contributed by atoms with Gasteiger partial charge in [-0.2, -0.15) is 0 Å². The molecule has 1 N–H and O–H groups in total. The van der Waals surface area contributed by atoms with E-state index >= 15 is 0 Å². The fraction of sp³-hybridized carbons (Fsp3) is 0.667. The van der Waals surface area contributed by atoms with Crippen molar-refractivity contribution in [3.8, 4) is 0 Å². The zero-order valence-corrected chi connectivity index (χ0v) is 12.8. The fourth-order valence-electron chi connectivity index (χ4n) is 3.72. The molecule has 0 spiro atoms. The molecule has 1 aliphatic heterocycles. The second-order valence-electron chi connectivity index (χ2n) is 6.61. The average Bonchev–Trinajstić information content (AvgIpc) is 3.12. The van der Waals surface area contributed by atoms with Crippen molar-refractivity contribution in [3.05, 3.63) is 29.8 Å². The van der Waals surface area contributed by atoms with Gasteiger partial charge in [0.05, 0.1) is 0 Å². The number of hydrogen-bond donors (Lipinski definition) is 1. The lowest BCUT2D eigenvalue weighted by Gasteiger charge is -2.17. The summed E-state index contributed by atoms with van der Waals surface area (Å²) in [4.78, 5) is 2.56. The van der Waals surface area contributed by atoms with E-state index in [9.17, 15) is 0 Å². The standard InChI is InChI=1S/C18H28N2/c1-2-15-5-10-18(13-15)19-17-8-6-16(7-9-17)14-20-11-3-4-12-20/h6-9,15,18-19H,2-5,10-14H2,1H3. The highest BCUT2D eigenvalue weighted by Crippen LogP contribution is 2.30. The predicted molar refractivity (Wildman–Crippen MR) is 86.0 cm³/mol. The summed E-state index contributed by atoms with van der Waals surface area (Å²) in [6, 6.07) is 9.83. The van der Waals surface area contributed by atoms with Crippen molar-refractivity contribution in [2.24, 2.45) is 5.92 Å². The molecule has 1 aromatic carbocycles. The lowest BCUT2D eigenvalue weighted by Crippen LogP contribution is -2.18. The van der Waals surface area contributed by atoms with Gasteiger partial charge in [0.1, 0.15) is 0 Å². The number of nitrogens with zero attached hydrogens (tertiary/aromatic N) is 1. The monoisotopic (exact) mass is 272 g/mol. The van der Waals surface area contributed by atoms with Crippen LogP contribution in [0.25, 0.3) is 0 Å². The van der Waals surface area contributed by atoms with Crippen molar-refractivity contribution in [2.75, 3.05) is 18.4 Å². The zero-order valence-electron chi connectivity index (χ0n) is 12.8. The summed E-state index contributed by atoms with van der Waals surface area (Å²) in [7, 11) is 0. The second kappa shape index (κ2) is 6.62. The van der Waals surface area contributed by atoms with Gasteiger partial charge >= 0.3 is 0 Å². The lowest BCUT2D eigenvalue weighted by molar-refractivity contribution is 0.331. The van der Waals surface area contributed by atoms with E-state index in [0.717, 1.165) is 12.5 Å². The van der Waals surface area contributed by atoms with Crippen molar-refractivity contribution < 1.29 is 0 Å². The van der Waals surface area contributed by atoms with E-state index < -0.39 is 0 Å². The van der Waals surface area contributed by atoms with Crippen LogP contribution in [0.15, 0.2) is 24.3 Å². The average molecular weight is 272 g/mol. The molecule has 2 fully saturated rings. The molecule has 1 heterocycles. The highest BCUT2D eigenvalue weighted by molar-refractivity contribution is 5.45. The van der Waals surface area contributed by atoms with Crippen LogP contribution in [-0.4, -0.2) is 24.0 Å². The Morgan fingerprint density at radius 1 is 1.10 bits per heavy atom. The molecule has 110 valence electrons. The van der Waals surface area contributed by atoms with Crippen LogP contribution in [0, 0.1) is 5.92 Å². The van der Waals surface area contributed by atoms with Crippen molar-refractivity contribution in [1.29, 1.82) is 0 Å². The van der Waals surface area contributed by atoms with Crippen molar-refractivity contribution in [1.82, 2.24) is 4.90 Å². The number of rotatable bonds is 5. The third-order valence-electron chi connectivity index (χ3n) is 5.05. The molecule has 0 aromatic heterocycles. The Morgan fingerprint density at radius 2 is 1.85 bits per heavy atom. The number of likely N-dealkylation sites (tertiary alicyclic amines) is 1. The van der Waals surface area contributed by atoms with Crippen molar-refractivity contribution >= 4 is 5.69 Å². The molecule has 2 nitrogen and oxygen atoms in total. The highest BCUT2D eigenvalue weighted by atomic mass is 15.1. The van der Waals surface area contributed by atoms with Crippen LogP contribution in [0.3, 0.4) is 0 Å². The van der Waals surface area contributed by atoms with E-state index in [1.165, 1.54) is 62.9 Å². The molecule has 0 amide bonds. The van der Waals surface area contributed by atoms with Crippen LogP contribution >= 0.6 is 0 Å². The zero-order chi connectivity index (χ0) is 13.8. The summed E-state index contributed by atoms with van der Waals surface area (Å²) in [5.74, 6) is 0.946. The van der Waals surface area contributed by atoms with Crippen LogP contribution in [-0.2, 0) is 6.54 Å². The van der Waals surface area contributed by atoms with Crippen LogP contribution < -0.4 is 5.32 Å². The maximum atomic E-state index is 3.71. The van der Waals surface area contributed by atoms with Gasteiger partial charge in [0.2, 0.25) is 0 Å². The van der Waals surface area contributed by atoms with Crippen LogP contribution in [0.4, 0.5) is 5.69 Å². The lowest BCUT2D eigenvalue weighted by atomic mass is 10.1.